The second kappa shape index (κ2) is 4.24. The van der Waals surface area contributed by atoms with Crippen LogP contribution in [0.4, 0.5) is 0 Å². The highest BCUT2D eigenvalue weighted by atomic mass is 32.1. The summed E-state index contributed by atoms with van der Waals surface area (Å²) >= 11 is 1.67. The quantitative estimate of drug-likeness (QED) is 0.880. The summed E-state index contributed by atoms with van der Waals surface area (Å²) in [5, 5.41) is 11.1. The van der Waals surface area contributed by atoms with Crippen molar-refractivity contribution in [2.45, 2.75) is 31.8 Å². The predicted octanol–water partition coefficient (Wildman–Crippen LogP) is 3.27. The van der Waals surface area contributed by atoms with Gasteiger partial charge in [0.25, 0.3) is 0 Å². The zero-order valence-corrected chi connectivity index (χ0v) is 10.6. The van der Waals surface area contributed by atoms with Crippen molar-refractivity contribution in [3.8, 4) is 0 Å². The van der Waals surface area contributed by atoms with Gasteiger partial charge in [-0.05, 0) is 24.3 Å². The number of rotatable bonds is 2. The van der Waals surface area contributed by atoms with Crippen molar-refractivity contribution in [1.29, 1.82) is 0 Å². The van der Waals surface area contributed by atoms with E-state index in [-0.39, 0.29) is 0 Å². The molecule has 1 aromatic heterocycles. The van der Waals surface area contributed by atoms with Crippen LogP contribution >= 0.6 is 11.3 Å². The number of aliphatic hydroxyl groups is 1. The van der Waals surface area contributed by atoms with E-state index in [4.69, 9.17) is 0 Å². The van der Waals surface area contributed by atoms with E-state index in [0.717, 1.165) is 17.0 Å². The molecule has 17 heavy (non-hydrogen) atoms. The van der Waals surface area contributed by atoms with Gasteiger partial charge < -0.3 is 5.11 Å². The van der Waals surface area contributed by atoms with E-state index < -0.39 is 6.10 Å². The second-order valence-corrected chi connectivity index (χ2v) is 5.73. The number of hydrogen-bond acceptors (Lipinski definition) is 3. The number of fused-ring (bicyclic) bond motifs is 1. The molecule has 3 rings (SSSR count). The highest BCUT2D eigenvalue weighted by Crippen LogP contribution is 2.38. The third-order valence-corrected chi connectivity index (χ3v) is 4.55. The SMILES string of the molecule is CC1CCc2sc(C(O)c3ccccc3)nc21. The molecule has 1 aliphatic carbocycles. The van der Waals surface area contributed by atoms with E-state index >= 15 is 0 Å². The van der Waals surface area contributed by atoms with Crippen LogP contribution in [-0.2, 0) is 6.42 Å². The van der Waals surface area contributed by atoms with Gasteiger partial charge in [-0.25, -0.2) is 4.98 Å². The van der Waals surface area contributed by atoms with Gasteiger partial charge in [0.1, 0.15) is 11.1 Å². The summed E-state index contributed by atoms with van der Waals surface area (Å²) in [5.41, 5.74) is 2.13. The smallest absolute Gasteiger partial charge is 0.131 e. The number of aromatic nitrogens is 1. The first-order valence-corrected chi connectivity index (χ1v) is 6.80. The maximum Gasteiger partial charge on any atom is 0.131 e. The molecular formula is C14H15NOS. The van der Waals surface area contributed by atoms with E-state index in [1.54, 1.807) is 11.3 Å². The first-order chi connectivity index (χ1) is 8.25. The molecule has 88 valence electrons. The molecule has 0 radical (unpaired) electrons. The van der Waals surface area contributed by atoms with E-state index in [2.05, 4.69) is 11.9 Å². The Hall–Kier alpha value is -1.19. The van der Waals surface area contributed by atoms with Gasteiger partial charge in [0.05, 0.1) is 5.69 Å². The predicted molar refractivity (Wildman–Crippen MR) is 69.4 cm³/mol. The minimum Gasteiger partial charge on any atom is -0.381 e. The third kappa shape index (κ3) is 1.90. The van der Waals surface area contributed by atoms with Crippen molar-refractivity contribution >= 4 is 11.3 Å². The summed E-state index contributed by atoms with van der Waals surface area (Å²) in [7, 11) is 0. The van der Waals surface area contributed by atoms with Gasteiger partial charge in [-0.15, -0.1) is 11.3 Å². The molecule has 2 nitrogen and oxygen atoms in total. The van der Waals surface area contributed by atoms with Gasteiger partial charge in [0.15, 0.2) is 0 Å². The van der Waals surface area contributed by atoms with Crippen LogP contribution in [0.1, 0.15) is 46.5 Å². The molecule has 2 atom stereocenters. The van der Waals surface area contributed by atoms with Crippen LogP contribution in [0.5, 0.6) is 0 Å². The van der Waals surface area contributed by atoms with Crippen LogP contribution in [-0.4, -0.2) is 10.1 Å². The first-order valence-electron chi connectivity index (χ1n) is 5.98. The normalized spacial score (nSPS) is 20.2. The summed E-state index contributed by atoms with van der Waals surface area (Å²) in [6.07, 6.45) is 1.75. The van der Waals surface area contributed by atoms with E-state index in [0.29, 0.717) is 5.92 Å². The van der Waals surface area contributed by atoms with E-state index in [1.807, 2.05) is 30.3 Å². The van der Waals surface area contributed by atoms with Crippen molar-refractivity contribution in [2.24, 2.45) is 0 Å². The fourth-order valence-corrected chi connectivity index (χ4v) is 3.54. The fraction of sp³-hybridized carbons (Fsp3) is 0.357. The zero-order chi connectivity index (χ0) is 11.8. The maximum absolute atomic E-state index is 10.3. The number of thiazole rings is 1. The molecule has 0 aliphatic heterocycles. The molecule has 0 fully saturated rings. The topological polar surface area (TPSA) is 33.1 Å². The third-order valence-electron chi connectivity index (χ3n) is 3.36. The van der Waals surface area contributed by atoms with Crippen LogP contribution in [0.2, 0.25) is 0 Å². The van der Waals surface area contributed by atoms with Crippen LogP contribution in [0.25, 0.3) is 0 Å². The van der Waals surface area contributed by atoms with Gasteiger partial charge in [0.2, 0.25) is 0 Å². The molecule has 0 bridgehead atoms. The Labute approximate surface area is 105 Å². The lowest BCUT2D eigenvalue weighted by molar-refractivity contribution is 0.219. The molecule has 1 aromatic carbocycles. The van der Waals surface area contributed by atoms with Gasteiger partial charge >= 0.3 is 0 Å². The van der Waals surface area contributed by atoms with Crippen molar-refractivity contribution in [2.75, 3.05) is 0 Å². The number of aliphatic hydroxyl groups excluding tert-OH is 1. The Morgan fingerprint density at radius 2 is 2.12 bits per heavy atom. The van der Waals surface area contributed by atoms with Gasteiger partial charge in [-0.3, -0.25) is 0 Å². The van der Waals surface area contributed by atoms with Gasteiger partial charge in [-0.2, -0.15) is 0 Å². The number of aryl methyl sites for hydroxylation is 1. The van der Waals surface area contributed by atoms with Crippen LogP contribution in [0.3, 0.4) is 0 Å². The summed E-state index contributed by atoms with van der Waals surface area (Å²) in [5.74, 6) is 0.554. The lowest BCUT2D eigenvalue weighted by atomic mass is 10.1. The Bertz CT molecular complexity index is 520. The average molecular weight is 245 g/mol. The molecule has 0 saturated carbocycles. The Kier molecular flexibility index (Phi) is 2.73. The largest absolute Gasteiger partial charge is 0.381 e. The van der Waals surface area contributed by atoms with Crippen molar-refractivity contribution < 1.29 is 5.11 Å². The van der Waals surface area contributed by atoms with E-state index in [1.165, 1.54) is 17.0 Å². The Morgan fingerprint density at radius 1 is 1.35 bits per heavy atom. The zero-order valence-electron chi connectivity index (χ0n) is 9.76. The minimum absolute atomic E-state index is 0.554. The van der Waals surface area contributed by atoms with Crippen LogP contribution in [0.15, 0.2) is 30.3 Å². The molecule has 0 saturated heterocycles. The van der Waals surface area contributed by atoms with Crippen LogP contribution < -0.4 is 0 Å². The molecular weight excluding hydrogens is 230 g/mol. The lowest BCUT2D eigenvalue weighted by Gasteiger charge is -2.07. The van der Waals surface area contributed by atoms with Crippen molar-refractivity contribution in [1.82, 2.24) is 4.98 Å². The molecule has 0 amide bonds. The van der Waals surface area contributed by atoms with Crippen molar-refractivity contribution in [3.63, 3.8) is 0 Å². The number of benzene rings is 1. The lowest BCUT2D eigenvalue weighted by Crippen LogP contribution is -1.99. The molecule has 3 heteroatoms. The monoisotopic (exact) mass is 245 g/mol. The number of hydrogen-bond donors (Lipinski definition) is 1. The summed E-state index contributed by atoms with van der Waals surface area (Å²) in [6, 6.07) is 9.74. The van der Waals surface area contributed by atoms with Gasteiger partial charge in [0, 0.05) is 4.88 Å². The Balaban J connectivity index is 1.93. The second-order valence-electron chi connectivity index (χ2n) is 4.61. The highest BCUT2D eigenvalue weighted by molar-refractivity contribution is 7.11. The fourth-order valence-electron chi connectivity index (χ4n) is 2.33. The number of nitrogens with zero attached hydrogens (tertiary/aromatic N) is 1. The maximum atomic E-state index is 10.3. The van der Waals surface area contributed by atoms with Crippen molar-refractivity contribution in [3.05, 3.63) is 51.5 Å². The summed E-state index contributed by atoms with van der Waals surface area (Å²) in [4.78, 5) is 5.98. The molecule has 1 N–H and O–H groups in total. The van der Waals surface area contributed by atoms with Crippen LogP contribution in [0, 0.1) is 0 Å². The standard InChI is InChI=1S/C14H15NOS/c1-9-7-8-11-12(9)15-14(17-11)13(16)10-5-3-2-4-6-10/h2-6,9,13,16H,7-8H2,1H3. The first kappa shape index (κ1) is 10.9. The van der Waals surface area contributed by atoms with E-state index in [9.17, 15) is 5.11 Å². The minimum atomic E-state index is -0.570. The molecule has 1 aliphatic rings. The molecule has 2 unspecified atom stereocenters. The molecule has 1 heterocycles. The summed E-state index contributed by atoms with van der Waals surface area (Å²) in [6.45, 7) is 2.21. The summed E-state index contributed by atoms with van der Waals surface area (Å²) < 4.78 is 0. The highest BCUT2D eigenvalue weighted by Gasteiger charge is 2.26. The molecule has 0 spiro atoms. The molecule has 2 aromatic rings. The average Bonchev–Trinajstić information content (AvgIpc) is 2.92. The Morgan fingerprint density at radius 3 is 2.82 bits per heavy atom. The van der Waals surface area contributed by atoms with Gasteiger partial charge in [-0.1, -0.05) is 37.3 Å².